The van der Waals surface area contributed by atoms with Gasteiger partial charge in [0.05, 0.1) is 19.3 Å². The lowest BCUT2D eigenvalue weighted by atomic mass is 9.71. The molecule has 23 heavy (non-hydrogen) atoms. The van der Waals surface area contributed by atoms with Crippen LogP contribution in [0.3, 0.4) is 0 Å². The Kier molecular flexibility index (Phi) is 4.65. The normalized spacial score (nSPS) is 18.1. The van der Waals surface area contributed by atoms with E-state index in [0.717, 1.165) is 0 Å². The van der Waals surface area contributed by atoms with E-state index in [0.29, 0.717) is 5.69 Å². The third-order valence-electron chi connectivity index (χ3n) is 3.59. The molecule has 0 aromatic heterocycles. The van der Waals surface area contributed by atoms with Crippen LogP contribution in [-0.4, -0.2) is 37.0 Å². The van der Waals surface area contributed by atoms with Gasteiger partial charge in [0.1, 0.15) is 6.04 Å². The van der Waals surface area contributed by atoms with Gasteiger partial charge >= 0.3 is 11.9 Å². The monoisotopic (exact) mass is 316 g/mol. The Balaban J connectivity index is 2.67. The summed E-state index contributed by atoms with van der Waals surface area (Å²) in [6.07, 6.45) is 0. The molecule has 7 heteroatoms. The number of nitrogens with one attached hydrogen (secondary N) is 1. The third kappa shape index (κ3) is 2.42. The maximum absolute atomic E-state index is 12.9. The minimum Gasteiger partial charge on any atom is -0.465 e. The van der Waals surface area contributed by atoms with Crippen LogP contribution >= 0.6 is 0 Å². The Morgan fingerprint density at radius 1 is 1.22 bits per heavy atom. The average Bonchev–Trinajstić information content (AvgIpc) is 2.55. The quantitative estimate of drug-likeness (QED) is 0.659. The second-order valence-corrected chi connectivity index (χ2v) is 4.83. The third-order valence-corrected chi connectivity index (χ3v) is 3.59. The number of rotatable bonds is 4. The lowest BCUT2D eigenvalue weighted by Gasteiger charge is -2.36. The maximum atomic E-state index is 12.9. The first-order valence-corrected chi connectivity index (χ1v) is 7.18. The molecule has 0 amide bonds. The number of ketones is 1. The highest BCUT2D eigenvalue weighted by atomic mass is 16.6. The first-order chi connectivity index (χ1) is 11.0. The molecule has 1 aromatic carbocycles. The summed E-state index contributed by atoms with van der Waals surface area (Å²) in [7, 11) is 0. The first-order valence-electron chi connectivity index (χ1n) is 7.18. The van der Waals surface area contributed by atoms with Crippen LogP contribution in [-0.2, 0) is 19.1 Å². The molecular weight excluding hydrogens is 300 g/mol. The summed E-state index contributed by atoms with van der Waals surface area (Å²) in [4.78, 5) is 37.9. The zero-order valence-corrected chi connectivity index (χ0v) is 12.8. The van der Waals surface area contributed by atoms with Crippen LogP contribution in [0.1, 0.15) is 24.2 Å². The smallest absolute Gasteiger partial charge is 0.334 e. The summed E-state index contributed by atoms with van der Waals surface area (Å²) < 4.78 is 9.84. The van der Waals surface area contributed by atoms with Gasteiger partial charge in [0.15, 0.2) is 5.78 Å². The van der Waals surface area contributed by atoms with Gasteiger partial charge in [-0.1, -0.05) is 12.1 Å². The lowest BCUT2D eigenvalue weighted by Crippen LogP contribution is -2.60. The topological polar surface area (TPSA) is 105 Å². The lowest BCUT2D eigenvalue weighted by molar-refractivity contribution is -0.168. The second-order valence-electron chi connectivity index (χ2n) is 4.83. The molecule has 0 fully saturated rings. The number of nitrogens with zero attached hydrogens (tertiary/aromatic N) is 1. The fourth-order valence-corrected chi connectivity index (χ4v) is 2.54. The van der Waals surface area contributed by atoms with Gasteiger partial charge in [0.25, 0.3) is 5.41 Å². The summed E-state index contributed by atoms with van der Waals surface area (Å²) >= 11 is 0. The van der Waals surface area contributed by atoms with Crippen molar-refractivity contribution in [1.82, 2.24) is 0 Å². The molecule has 1 N–H and O–H groups in total. The highest BCUT2D eigenvalue weighted by Gasteiger charge is 2.64. The Morgan fingerprint density at radius 3 is 2.30 bits per heavy atom. The molecule has 1 aliphatic heterocycles. The Hall–Kier alpha value is -2.88. The molecule has 1 aliphatic rings. The van der Waals surface area contributed by atoms with Crippen LogP contribution < -0.4 is 5.32 Å². The van der Waals surface area contributed by atoms with Crippen molar-refractivity contribution in [3.05, 3.63) is 29.8 Å². The maximum Gasteiger partial charge on any atom is 0.334 e. The van der Waals surface area contributed by atoms with E-state index in [2.05, 4.69) is 5.32 Å². The van der Waals surface area contributed by atoms with Gasteiger partial charge in [-0.2, -0.15) is 5.26 Å². The summed E-state index contributed by atoms with van der Waals surface area (Å²) in [5.41, 5.74) is -1.84. The first kappa shape index (κ1) is 16.5. The van der Waals surface area contributed by atoms with Gasteiger partial charge < -0.3 is 14.8 Å². The number of benzene rings is 1. The van der Waals surface area contributed by atoms with Crippen molar-refractivity contribution < 1.29 is 23.9 Å². The number of esters is 2. The number of ether oxygens (including phenoxy) is 2. The number of anilines is 1. The van der Waals surface area contributed by atoms with Crippen molar-refractivity contribution in [2.24, 2.45) is 5.41 Å². The molecule has 2 rings (SSSR count). The van der Waals surface area contributed by atoms with Crippen LogP contribution in [0.5, 0.6) is 0 Å². The molecule has 0 spiro atoms. The number of hydrogen-bond acceptors (Lipinski definition) is 7. The molecule has 1 aromatic rings. The fourth-order valence-electron chi connectivity index (χ4n) is 2.54. The van der Waals surface area contributed by atoms with E-state index in [1.807, 2.05) is 6.07 Å². The number of nitriles is 1. The summed E-state index contributed by atoms with van der Waals surface area (Å²) in [5.74, 6) is -2.97. The average molecular weight is 316 g/mol. The van der Waals surface area contributed by atoms with Crippen molar-refractivity contribution in [2.75, 3.05) is 18.5 Å². The van der Waals surface area contributed by atoms with Crippen molar-refractivity contribution >= 4 is 23.4 Å². The van der Waals surface area contributed by atoms with Crippen LogP contribution in [0, 0.1) is 16.7 Å². The second kappa shape index (κ2) is 6.48. The Labute approximate surface area is 133 Å². The number of carbonyl (C=O) groups is 3. The van der Waals surface area contributed by atoms with Crippen LogP contribution in [0.15, 0.2) is 24.3 Å². The van der Waals surface area contributed by atoms with E-state index in [4.69, 9.17) is 9.47 Å². The molecule has 1 atom stereocenters. The van der Waals surface area contributed by atoms with Crippen molar-refractivity contribution in [3.8, 4) is 6.07 Å². The molecule has 120 valence electrons. The molecule has 0 aliphatic carbocycles. The number of Topliss-reactive ketones (excluding diaryl/α,β-unsaturated/α-hetero) is 1. The summed E-state index contributed by atoms with van der Waals surface area (Å²) in [6, 6.07) is 6.75. The molecule has 1 heterocycles. The number of para-hydroxylation sites is 1. The molecule has 0 saturated heterocycles. The molecule has 0 saturated carbocycles. The van der Waals surface area contributed by atoms with E-state index in [1.165, 1.54) is 6.07 Å². The SMILES string of the molecule is CCOC(=O)C1(C(=O)OCC)C(=O)c2ccccc2NC1C#N. The molecule has 0 bridgehead atoms. The van der Waals surface area contributed by atoms with Crippen LogP contribution in [0.4, 0.5) is 5.69 Å². The van der Waals surface area contributed by atoms with Crippen LogP contribution in [0.2, 0.25) is 0 Å². The fraction of sp³-hybridized carbons (Fsp3) is 0.375. The standard InChI is InChI=1S/C16H16N2O5/c1-3-22-14(20)16(15(21)23-4-2)12(9-17)18-11-8-6-5-7-10(11)13(16)19/h5-8,12,18H,3-4H2,1-2H3. The number of fused-ring (bicyclic) bond motifs is 1. The van der Waals surface area contributed by atoms with Gasteiger partial charge in [-0.3, -0.25) is 14.4 Å². The molecule has 1 unspecified atom stereocenters. The van der Waals surface area contributed by atoms with Crippen LogP contribution in [0.25, 0.3) is 0 Å². The van der Waals surface area contributed by atoms with Crippen molar-refractivity contribution in [2.45, 2.75) is 19.9 Å². The largest absolute Gasteiger partial charge is 0.465 e. The summed E-state index contributed by atoms with van der Waals surface area (Å²) in [6.45, 7) is 3.03. The minimum absolute atomic E-state index is 0.0347. The molecule has 7 nitrogen and oxygen atoms in total. The summed E-state index contributed by atoms with van der Waals surface area (Å²) in [5, 5.41) is 12.2. The number of hydrogen-bond donors (Lipinski definition) is 1. The highest BCUT2D eigenvalue weighted by molar-refractivity contribution is 6.29. The van der Waals surface area contributed by atoms with Gasteiger partial charge in [-0.25, -0.2) is 0 Å². The molecule has 0 radical (unpaired) electrons. The van der Waals surface area contributed by atoms with Gasteiger partial charge in [-0.05, 0) is 26.0 Å². The van der Waals surface area contributed by atoms with Gasteiger partial charge in [0.2, 0.25) is 0 Å². The zero-order valence-electron chi connectivity index (χ0n) is 12.8. The number of carbonyl (C=O) groups excluding carboxylic acids is 3. The molecular formula is C16H16N2O5. The van der Waals surface area contributed by atoms with E-state index in [-0.39, 0.29) is 18.8 Å². The predicted octanol–water partition coefficient (Wildman–Crippen LogP) is 1.30. The highest BCUT2D eigenvalue weighted by Crippen LogP contribution is 2.39. The Morgan fingerprint density at radius 2 is 1.78 bits per heavy atom. The van der Waals surface area contributed by atoms with Gasteiger partial charge in [0, 0.05) is 11.3 Å². The van der Waals surface area contributed by atoms with Crippen molar-refractivity contribution in [1.29, 1.82) is 5.26 Å². The van der Waals surface area contributed by atoms with Crippen molar-refractivity contribution in [3.63, 3.8) is 0 Å². The Bertz CT molecular complexity index is 674. The van der Waals surface area contributed by atoms with E-state index in [9.17, 15) is 19.6 Å². The predicted molar refractivity (Wildman–Crippen MR) is 79.5 cm³/mol. The van der Waals surface area contributed by atoms with E-state index < -0.39 is 29.2 Å². The van der Waals surface area contributed by atoms with E-state index >= 15 is 0 Å². The zero-order chi connectivity index (χ0) is 17.0. The van der Waals surface area contributed by atoms with E-state index in [1.54, 1.807) is 32.0 Å². The minimum atomic E-state index is -2.37. The van der Waals surface area contributed by atoms with Gasteiger partial charge in [-0.15, -0.1) is 0 Å².